The van der Waals surface area contributed by atoms with E-state index >= 15 is 0 Å². The highest BCUT2D eigenvalue weighted by atomic mass is 16.2. The summed E-state index contributed by atoms with van der Waals surface area (Å²) >= 11 is 0. The van der Waals surface area contributed by atoms with Crippen LogP contribution < -0.4 is 5.32 Å². The second-order valence-electron chi connectivity index (χ2n) is 8.40. The Morgan fingerprint density at radius 1 is 1.04 bits per heavy atom. The molecule has 3 atom stereocenters. The number of piperidine rings is 1. The first-order valence-electron chi connectivity index (χ1n) is 10.9. The normalized spacial score (nSPS) is 27.7. The number of carbonyl (C=O) groups is 4. The van der Waals surface area contributed by atoms with E-state index in [1.807, 2.05) is 0 Å². The largest absolute Gasteiger partial charge is 0.356 e. The van der Waals surface area contributed by atoms with Crippen molar-refractivity contribution >= 4 is 23.6 Å². The van der Waals surface area contributed by atoms with Crippen LogP contribution in [0.1, 0.15) is 64.7 Å². The first-order chi connectivity index (χ1) is 13.5. The molecule has 0 aromatic carbocycles. The maximum absolute atomic E-state index is 12.7. The zero-order valence-corrected chi connectivity index (χ0v) is 17.0. The van der Waals surface area contributed by atoms with E-state index in [4.69, 9.17) is 0 Å². The second-order valence-corrected chi connectivity index (χ2v) is 8.40. The van der Waals surface area contributed by atoms with E-state index in [0.29, 0.717) is 19.6 Å². The molecule has 7 heteroatoms. The highest BCUT2D eigenvalue weighted by molar-refractivity contribution is 6.05. The fourth-order valence-corrected chi connectivity index (χ4v) is 4.77. The number of unbranched alkanes of at least 4 members (excludes halogenated alkanes) is 1. The van der Waals surface area contributed by atoms with Crippen LogP contribution in [0.2, 0.25) is 0 Å². The van der Waals surface area contributed by atoms with Crippen molar-refractivity contribution in [3.8, 4) is 0 Å². The summed E-state index contributed by atoms with van der Waals surface area (Å²) in [5, 5.41) is 2.96. The number of carbonyl (C=O) groups excluding carboxylic acids is 4. The number of nitrogens with one attached hydrogen (secondary N) is 1. The van der Waals surface area contributed by atoms with Crippen molar-refractivity contribution < 1.29 is 19.2 Å². The van der Waals surface area contributed by atoms with Crippen LogP contribution in [0.5, 0.6) is 0 Å². The molecule has 2 aliphatic heterocycles. The van der Waals surface area contributed by atoms with Gasteiger partial charge in [-0.2, -0.15) is 0 Å². The third-order valence-electron chi connectivity index (χ3n) is 6.46. The number of amides is 4. The Bertz CT molecular complexity index is 597. The van der Waals surface area contributed by atoms with Crippen LogP contribution in [-0.4, -0.2) is 59.6 Å². The molecule has 3 fully saturated rings. The monoisotopic (exact) mass is 391 g/mol. The molecule has 0 bridgehead atoms. The molecular formula is C21H33N3O4. The van der Waals surface area contributed by atoms with E-state index in [9.17, 15) is 19.2 Å². The number of likely N-dealkylation sites (tertiary alicyclic amines) is 2. The molecule has 3 aliphatic rings. The Hall–Kier alpha value is -1.92. The van der Waals surface area contributed by atoms with E-state index in [1.54, 1.807) is 4.90 Å². The number of rotatable bonds is 7. The van der Waals surface area contributed by atoms with Crippen molar-refractivity contribution in [1.29, 1.82) is 0 Å². The van der Waals surface area contributed by atoms with Crippen LogP contribution in [0.3, 0.4) is 0 Å². The highest BCUT2D eigenvalue weighted by Gasteiger charge is 2.48. The number of fused-ring (bicyclic) bond motifs is 1. The first-order valence-corrected chi connectivity index (χ1v) is 10.9. The SMILES string of the molecule is CCCCNC(=O)C1CCCN(C(=O)CCN2C(=O)C3CCCCC3C2=O)C1. The minimum atomic E-state index is -0.164. The van der Waals surface area contributed by atoms with Gasteiger partial charge in [-0.15, -0.1) is 0 Å². The fraction of sp³-hybridized carbons (Fsp3) is 0.810. The molecule has 28 heavy (non-hydrogen) atoms. The zero-order chi connectivity index (χ0) is 20.1. The number of hydrogen-bond donors (Lipinski definition) is 1. The molecule has 7 nitrogen and oxygen atoms in total. The molecule has 3 rings (SSSR count). The van der Waals surface area contributed by atoms with Gasteiger partial charge in [-0.3, -0.25) is 24.1 Å². The van der Waals surface area contributed by atoms with Crippen LogP contribution in [0.15, 0.2) is 0 Å². The summed E-state index contributed by atoms with van der Waals surface area (Å²) < 4.78 is 0. The van der Waals surface area contributed by atoms with Gasteiger partial charge in [0.2, 0.25) is 23.6 Å². The van der Waals surface area contributed by atoms with Gasteiger partial charge in [-0.1, -0.05) is 26.2 Å². The summed E-state index contributed by atoms with van der Waals surface area (Å²) in [6.07, 6.45) is 7.34. The van der Waals surface area contributed by atoms with E-state index in [1.165, 1.54) is 4.90 Å². The van der Waals surface area contributed by atoms with Gasteiger partial charge in [-0.25, -0.2) is 0 Å². The van der Waals surface area contributed by atoms with Gasteiger partial charge in [0.1, 0.15) is 0 Å². The molecule has 1 N–H and O–H groups in total. The average molecular weight is 392 g/mol. The Balaban J connectivity index is 1.48. The molecule has 0 spiro atoms. The minimum Gasteiger partial charge on any atom is -0.356 e. The van der Waals surface area contributed by atoms with Gasteiger partial charge in [0.15, 0.2) is 0 Å². The van der Waals surface area contributed by atoms with Gasteiger partial charge in [0, 0.05) is 32.6 Å². The van der Waals surface area contributed by atoms with Crippen molar-refractivity contribution in [2.24, 2.45) is 17.8 Å². The Labute approximate surface area is 167 Å². The topological polar surface area (TPSA) is 86.8 Å². The molecule has 0 aromatic heterocycles. The maximum atomic E-state index is 12.7. The van der Waals surface area contributed by atoms with Crippen molar-refractivity contribution in [2.75, 3.05) is 26.2 Å². The lowest BCUT2D eigenvalue weighted by Gasteiger charge is -2.32. The van der Waals surface area contributed by atoms with Crippen LogP contribution in [-0.2, 0) is 19.2 Å². The van der Waals surface area contributed by atoms with Gasteiger partial charge in [0.05, 0.1) is 17.8 Å². The van der Waals surface area contributed by atoms with Gasteiger partial charge < -0.3 is 10.2 Å². The van der Waals surface area contributed by atoms with Crippen LogP contribution in [0.25, 0.3) is 0 Å². The third kappa shape index (κ3) is 4.55. The van der Waals surface area contributed by atoms with Gasteiger partial charge >= 0.3 is 0 Å². The average Bonchev–Trinajstić information content (AvgIpc) is 2.97. The Morgan fingerprint density at radius 3 is 2.36 bits per heavy atom. The fourth-order valence-electron chi connectivity index (χ4n) is 4.77. The molecule has 2 heterocycles. The van der Waals surface area contributed by atoms with E-state index in [0.717, 1.165) is 51.4 Å². The Morgan fingerprint density at radius 2 is 1.71 bits per heavy atom. The number of nitrogens with zero attached hydrogens (tertiary/aromatic N) is 2. The summed E-state index contributed by atoms with van der Waals surface area (Å²) in [6.45, 7) is 4.02. The molecule has 3 unspecified atom stereocenters. The Kier molecular flexibility index (Phi) is 7.08. The molecule has 156 valence electrons. The van der Waals surface area contributed by atoms with Crippen molar-refractivity contribution in [1.82, 2.24) is 15.1 Å². The summed E-state index contributed by atoms with van der Waals surface area (Å²) in [7, 11) is 0. The van der Waals surface area contributed by atoms with Gasteiger partial charge in [-0.05, 0) is 32.1 Å². The van der Waals surface area contributed by atoms with Crippen molar-refractivity contribution in [3.05, 3.63) is 0 Å². The molecule has 0 aromatic rings. The van der Waals surface area contributed by atoms with Crippen LogP contribution >= 0.6 is 0 Å². The molecule has 4 amide bonds. The summed E-state index contributed by atoms with van der Waals surface area (Å²) in [5.41, 5.74) is 0. The standard InChI is InChI=1S/C21H33N3O4/c1-2-3-11-22-19(26)15-7-6-12-23(14-15)18(25)10-13-24-20(27)16-8-4-5-9-17(16)21(24)28/h15-17H,2-14H2,1H3,(H,22,26). The zero-order valence-electron chi connectivity index (χ0n) is 17.0. The van der Waals surface area contributed by atoms with Crippen LogP contribution in [0, 0.1) is 17.8 Å². The second kappa shape index (κ2) is 9.52. The highest BCUT2D eigenvalue weighted by Crippen LogP contribution is 2.38. The quantitative estimate of drug-likeness (QED) is 0.529. The molecule has 1 saturated carbocycles. The molecule has 0 radical (unpaired) electrons. The van der Waals surface area contributed by atoms with Crippen LogP contribution in [0.4, 0.5) is 0 Å². The minimum absolute atomic E-state index is 0.0277. The first kappa shape index (κ1) is 20.8. The lowest BCUT2D eigenvalue weighted by Crippen LogP contribution is -2.46. The lowest BCUT2D eigenvalue weighted by atomic mass is 9.81. The van der Waals surface area contributed by atoms with Crippen molar-refractivity contribution in [2.45, 2.75) is 64.7 Å². The maximum Gasteiger partial charge on any atom is 0.233 e. The lowest BCUT2D eigenvalue weighted by molar-refractivity contribution is -0.141. The summed E-state index contributed by atoms with van der Waals surface area (Å²) in [6, 6.07) is 0. The van der Waals surface area contributed by atoms with Gasteiger partial charge in [0.25, 0.3) is 0 Å². The summed E-state index contributed by atoms with van der Waals surface area (Å²) in [5.74, 6) is -0.706. The van der Waals surface area contributed by atoms with E-state index in [-0.39, 0.29) is 54.3 Å². The third-order valence-corrected chi connectivity index (χ3v) is 6.46. The molecule has 1 aliphatic carbocycles. The summed E-state index contributed by atoms with van der Waals surface area (Å²) in [4.78, 5) is 53.1. The van der Waals surface area contributed by atoms with E-state index < -0.39 is 0 Å². The molecular weight excluding hydrogens is 358 g/mol. The number of hydrogen-bond acceptors (Lipinski definition) is 4. The predicted molar refractivity (Wildman–Crippen MR) is 104 cm³/mol. The smallest absolute Gasteiger partial charge is 0.233 e. The van der Waals surface area contributed by atoms with Crippen molar-refractivity contribution in [3.63, 3.8) is 0 Å². The van der Waals surface area contributed by atoms with E-state index in [2.05, 4.69) is 12.2 Å². The predicted octanol–water partition coefficient (Wildman–Crippen LogP) is 1.71. The number of imide groups is 1. The molecule has 2 saturated heterocycles.